The zero-order chi connectivity index (χ0) is 19.8. The van der Waals surface area contributed by atoms with Crippen LogP contribution >= 0.6 is 11.6 Å². The van der Waals surface area contributed by atoms with Crippen LogP contribution in [0.2, 0.25) is 5.02 Å². The molecule has 2 aromatic rings. The van der Waals surface area contributed by atoms with Gasteiger partial charge in [-0.25, -0.2) is 4.39 Å². The lowest BCUT2D eigenvalue weighted by Gasteiger charge is -2.38. The number of alkyl halides is 3. The fourth-order valence-corrected chi connectivity index (χ4v) is 3.03. The van der Waals surface area contributed by atoms with Gasteiger partial charge in [-0.15, -0.1) is 0 Å². The van der Waals surface area contributed by atoms with E-state index in [1.165, 1.54) is 29.2 Å². The maximum absolute atomic E-state index is 14.0. The van der Waals surface area contributed by atoms with Gasteiger partial charge in [0, 0.05) is 11.6 Å². The predicted octanol–water partition coefficient (Wildman–Crippen LogP) is 3.67. The van der Waals surface area contributed by atoms with Crippen LogP contribution in [0.4, 0.5) is 23.2 Å². The van der Waals surface area contributed by atoms with Crippen LogP contribution in [0, 0.1) is 5.82 Å². The summed E-state index contributed by atoms with van der Waals surface area (Å²) in [4.78, 5) is 14.9. The van der Waals surface area contributed by atoms with Crippen LogP contribution in [-0.2, 0) is 17.5 Å². The topological polar surface area (TPSA) is 43.8 Å². The van der Waals surface area contributed by atoms with Crippen molar-refractivity contribution in [1.82, 2.24) is 4.90 Å². The molecule has 0 bridgehead atoms. The summed E-state index contributed by atoms with van der Waals surface area (Å²) in [7, 11) is 0. The molecule has 2 aromatic carbocycles. The first kappa shape index (κ1) is 19.6. The Bertz CT molecular complexity index is 842. The Labute approximate surface area is 157 Å². The molecule has 1 aliphatic heterocycles. The van der Waals surface area contributed by atoms with Gasteiger partial charge in [-0.05, 0) is 35.9 Å². The molecule has 1 atom stereocenters. The van der Waals surface area contributed by atoms with Crippen molar-refractivity contribution in [2.45, 2.75) is 18.9 Å². The van der Waals surface area contributed by atoms with Crippen LogP contribution in [0.5, 0.6) is 0 Å². The van der Waals surface area contributed by atoms with E-state index in [0.29, 0.717) is 5.56 Å². The second-order valence-electron chi connectivity index (χ2n) is 6.18. The van der Waals surface area contributed by atoms with Crippen molar-refractivity contribution in [3.05, 3.63) is 64.4 Å². The summed E-state index contributed by atoms with van der Waals surface area (Å²) in [5.41, 5.74) is -0.246. The molecule has 0 aromatic heterocycles. The number of rotatable bonds is 3. The summed E-state index contributed by atoms with van der Waals surface area (Å²) in [5, 5.41) is 10.5. The summed E-state index contributed by atoms with van der Waals surface area (Å²) in [6, 6.07) is 8.36. The molecule has 0 saturated carbocycles. The maximum atomic E-state index is 14.0. The van der Waals surface area contributed by atoms with Crippen LogP contribution in [0.25, 0.3) is 0 Å². The molecule has 1 fully saturated rings. The number of benzene rings is 2. The van der Waals surface area contributed by atoms with E-state index in [2.05, 4.69) is 0 Å². The monoisotopic (exact) mass is 402 g/mol. The highest BCUT2D eigenvalue weighted by molar-refractivity contribution is 6.30. The Balaban J connectivity index is 1.71. The smallest absolute Gasteiger partial charge is 0.376 e. The van der Waals surface area contributed by atoms with E-state index >= 15 is 0 Å². The van der Waals surface area contributed by atoms with Gasteiger partial charge >= 0.3 is 6.18 Å². The summed E-state index contributed by atoms with van der Waals surface area (Å²) >= 11 is 5.70. The fraction of sp³-hybridized carbons (Fsp3) is 0.278. The summed E-state index contributed by atoms with van der Waals surface area (Å²) in [6.45, 7) is -0.287. The number of hydrogen-bond donors (Lipinski definition) is 1. The third-order valence-corrected chi connectivity index (χ3v) is 4.51. The van der Waals surface area contributed by atoms with Crippen molar-refractivity contribution >= 4 is 23.2 Å². The molecule has 0 radical (unpaired) electrons. The normalized spacial score (nSPS) is 18.8. The number of carbonyl (C=O) groups is 1. The van der Waals surface area contributed by atoms with Crippen molar-refractivity contribution < 1.29 is 27.5 Å². The maximum Gasteiger partial charge on any atom is 0.416 e. The van der Waals surface area contributed by atoms with Gasteiger partial charge in [0.2, 0.25) is 5.91 Å². The number of β-amino-alcohol motifs (C(OH)–C–C–N with tert-alkyl or cyclic N) is 1. The van der Waals surface area contributed by atoms with E-state index in [0.717, 1.165) is 23.1 Å². The zero-order valence-corrected chi connectivity index (χ0v) is 14.6. The van der Waals surface area contributed by atoms with Crippen LogP contribution in [0.3, 0.4) is 0 Å². The van der Waals surface area contributed by atoms with E-state index < -0.39 is 29.7 Å². The Kier molecular flexibility index (Phi) is 5.41. The van der Waals surface area contributed by atoms with Gasteiger partial charge < -0.3 is 10.0 Å². The minimum absolute atomic E-state index is 0.0117. The molecule has 1 amide bonds. The van der Waals surface area contributed by atoms with Gasteiger partial charge in [0.1, 0.15) is 12.0 Å². The number of aliphatic hydroxyl groups excluding tert-OH is 1. The first-order chi connectivity index (χ1) is 12.6. The average Bonchev–Trinajstić information content (AvgIpc) is 2.58. The first-order valence-electron chi connectivity index (χ1n) is 7.99. The van der Waals surface area contributed by atoms with E-state index in [1.807, 2.05) is 0 Å². The van der Waals surface area contributed by atoms with Gasteiger partial charge in [0.05, 0.1) is 24.3 Å². The molecule has 1 saturated heterocycles. The Morgan fingerprint density at radius 1 is 1.15 bits per heavy atom. The SMILES string of the molecule is O=C1CN(Cc2ccc(C(F)(F)F)cc2)C(O)CN1c1ccc(Cl)cc1F. The second kappa shape index (κ2) is 7.46. The molecular weight excluding hydrogens is 388 g/mol. The van der Waals surface area contributed by atoms with E-state index in [4.69, 9.17) is 11.6 Å². The Morgan fingerprint density at radius 2 is 1.81 bits per heavy atom. The molecule has 144 valence electrons. The van der Waals surface area contributed by atoms with Crippen molar-refractivity contribution in [1.29, 1.82) is 0 Å². The van der Waals surface area contributed by atoms with Crippen LogP contribution in [0.15, 0.2) is 42.5 Å². The highest BCUT2D eigenvalue weighted by atomic mass is 35.5. The molecule has 1 N–H and O–H groups in total. The van der Waals surface area contributed by atoms with Gasteiger partial charge in [0.15, 0.2) is 0 Å². The number of anilines is 1. The summed E-state index contributed by atoms with van der Waals surface area (Å²) in [5.74, 6) is -1.12. The number of hydrogen-bond acceptors (Lipinski definition) is 3. The van der Waals surface area contributed by atoms with E-state index in [9.17, 15) is 27.5 Å². The molecule has 1 heterocycles. The van der Waals surface area contributed by atoms with Crippen molar-refractivity contribution in [2.24, 2.45) is 0 Å². The molecule has 1 aliphatic rings. The summed E-state index contributed by atoms with van der Waals surface area (Å²) in [6.07, 6.45) is -5.53. The van der Waals surface area contributed by atoms with Crippen LogP contribution < -0.4 is 4.90 Å². The molecular formula is C18H15ClF4N2O2. The van der Waals surface area contributed by atoms with Crippen LogP contribution in [0.1, 0.15) is 11.1 Å². The number of halogens is 5. The number of carbonyl (C=O) groups excluding carboxylic acids is 1. The Hall–Kier alpha value is -2.16. The lowest BCUT2D eigenvalue weighted by Crippen LogP contribution is -2.56. The van der Waals surface area contributed by atoms with Gasteiger partial charge in [-0.2, -0.15) is 13.2 Å². The van der Waals surface area contributed by atoms with Gasteiger partial charge in [-0.1, -0.05) is 23.7 Å². The first-order valence-corrected chi connectivity index (χ1v) is 8.36. The molecule has 0 aliphatic carbocycles. The minimum Gasteiger partial charge on any atom is -0.376 e. The van der Waals surface area contributed by atoms with Crippen molar-refractivity contribution in [2.75, 3.05) is 18.0 Å². The lowest BCUT2D eigenvalue weighted by atomic mass is 10.1. The second-order valence-corrected chi connectivity index (χ2v) is 6.62. The molecule has 4 nitrogen and oxygen atoms in total. The van der Waals surface area contributed by atoms with Gasteiger partial charge in [0.25, 0.3) is 0 Å². The third kappa shape index (κ3) is 4.40. The number of piperazine rings is 1. The highest BCUT2D eigenvalue weighted by Crippen LogP contribution is 2.30. The quantitative estimate of drug-likeness (QED) is 0.797. The minimum atomic E-state index is -4.43. The Morgan fingerprint density at radius 3 is 2.41 bits per heavy atom. The van der Waals surface area contributed by atoms with E-state index in [1.54, 1.807) is 0 Å². The summed E-state index contributed by atoms with van der Waals surface area (Å²) < 4.78 is 51.9. The van der Waals surface area contributed by atoms with Crippen LogP contribution in [-0.4, -0.2) is 35.2 Å². The molecule has 9 heteroatoms. The average molecular weight is 403 g/mol. The third-order valence-electron chi connectivity index (χ3n) is 4.27. The standard InChI is InChI=1S/C18H15ClF4N2O2/c19-13-5-6-15(14(20)7-13)25-10-16(26)24(9-17(25)27)8-11-1-3-12(4-2-11)18(21,22)23/h1-7,16,26H,8-10H2. The lowest BCUT2D eigenvalue weighted by molar-refractivity contribution is -0.137. The van der Waals surface area contributed by atoms with Crippen molar-refractivity contribution in [3.63, 3.8) is 0 Å². The van der Waals surface area contributed by atoms with Gasteiger partial charge in [-0.3, -0.25) is 9.69 Å². The molecule has 0 spiro atoms. The number of nitrogens with zero attached hydrogens (tertiary/aromatic N) is 2. The predicted molar refractivity (Wildman–Crippen MR) is 91.6 cm³/mol. The molecule has 27 heavy (non-hydrogen) atoms. The zero-order valence-electron chi connectivity index (χ0n) is 13.9. The molecule has 3 rings (SSSR count). The number of aliphatic hydroxyl groups is 1. The highest BCUT2D eigenvalue weighted by Gasteiger charge is 2.33. The molecule has 1 unspecified atom stereocenters. The number of amides is 1. The largest absolute Gasteiger partial charge is 0.416 e. The fourth-order valence-electron chi connectivity index (χ4n) is 2.87. The van der Waals surface area contributed by atoms with E-state index in [-0.39, 0.29) is 30.3 Å². The van der Waals surface area contributed by atoms with Crippen molar-refractivity contribution in [3.8, 4) is 0 Å².